The molecule has 0 unspecified atom stereocenters. The van der Waals surface area contributed by atoms with E-state index in [-0.39, 0.29) is 9.92 Å². The largest absolute Gasteiger partial charge is 0.244 e. The zero-order valence-corrected chi connectivity index (χ0v) is 13.9. The number of nitrogens with zero attached hydrogens (tertiary/aromatic N) is 1. The standard InChI is InChI=1S/C13H13Cl2NO2S2/c1-2-16(9-10-7-8-13(15)19-10)20(17,18)12-6-4-3-5-11(12)14/h3-8H,2,9H2,1H3. The Kier molecular flexibility index (Phi) is 5.09. The Labute approximate surface area is 132 Å². The molecule has 0 aliphatic heterocycles. The van der Waals surface area contributed by atoms with Gasteiger partial charge in [-0.15, -0.1) is 11.3 Å². The van der Waals surface area contributed by atoms with Gasteiger partial charge in [-0.25, -0.2) is 8.42 Å². The van der Waals surface area contributed by atoms with Gasteiger partial charge in [0.1, 0.15) is 4.90 Å². The lowest BCUT2D eigenvalue weighted by Crippen LogP contribution is -2.30. The topological polar surface area (TPSA) is 37.4 Å². The van der Waals surface area contributed by atoms with Crippen LogP contribution in [0.25, 0.3) is 0 Å². The number of thiophene rings is 1. The summed E-state index contributed by atoms with van der Waals surface area (Å²) in [4.78, 5) is 1.03. The molecule has 0 bridgehead atoms. The van der Waals surface area contributed by atoms with Gasteiger partial charge in [-0.05, 0) is 24.3 Å². The molecule has 2 aromatic rings. The van der Waals surface area contributed by atoms with Gasteiger partial charge in [0.05, 0.1) is 9.36 Å². The predicted molar refractivity (Wildman–Crippen MR) is 84.1 cm³/mol. The Morgan fingerprint density at radius 3 is 2.40 bits per heavy atom. The normalized spacial score (nSPS) is 12.0. The smallest absolute Gasteiger partial charge is 0.207 e. The van der Waals surface area contributed by atoms with Crippen molar-refractivity contribution in [3.8, 4) is 0 Å². The van der Waals surface area contributed by atoms with Gasteiger partial charge in [-0.3, -0.25) is 0 Å². The molecule has 108 valence electrons. The minimum absolute atomic E-state index is 0.131. The highest BCUT2D eigenvalue weighted by molar-refractivity contribution is 7.89. The van der Waals surface area contributed by atoms with E-state index in [1.807, 2.05) is 6.07 Å². The summed E-state index contributed by atoms with van der Waals surface area (Å²) >= 11 is 13.2. The molecule has 1 heterocycles. The molecular weight excluding hydrogens is 337 g/mol. The number of hydrogen-bond acceptors (Lipinski definition) is 3. The highest BCUT2D eigenvalue weighted by atomic mass is 35.5. The third kappa shape index (κ3) is 3.35. The summed E-state index contributed by atoms with van der Waals surface area (Å²) in [5.41, 5.74) is 0. The van der Waals surface area contributed by atoms with E-state index in [0.717, 1.165) is 4.88 Å². The zero-order valence-electron chi connectivity index (χ0n) is 10.7. The SMILES string of the molecule is CCN(Cc1ccc(Cl)s1)S(=O)(=O)c1ccccc1Cl. The van der Waals surface area contributed by atoms with Crippen LogP contribution in [0.2, 0.25) is 9.36 Å². The van der Waals surface area contributed by atoms with Gasteiger partial charge in [-0.1, -0.05) is 42.3 Å². The molecule has 0 aliphatic rings. The van der Waals surface area contributed by atoms with E-state index in [2.05, 4.69) is 0 Å². The minimum atomic E-state index is -3.61. The fourth-order valence-electron chi connectivity index (χ4n) is 1.77. The molecule has 0 amide bonds. The fraction of sp³-hybridized carbons (Fsp3) is 0.231. The monoisotopic (exact) mass is 349 g/mol. The van der Waals surface area contributed by atoms with E-state index in [4.69, 9.17) is 23.2 Å². The molecule has 0 aliphatic carbocycles. The van der Waals surface area contributed by atoms with Crippen LogP contribution in [0.3, 0.4) is 0 Å². The van der Waals surface area contributed by atoms with Crippen LogP contribution in [0.1, 0.15) is 11.8 Å². The van der Waals surface area contributed by atoms with Gasteiger partial charge in [0, 0.05) is 18.0 Å². The first-order valence-corrected chi connectivity index (χ1v) is 8.95. The van der Waals surface area contributed by atoms with Crippen molar-refractivity contribution in [3.63, 3.8) is 0 Å². The lowest BCUT2D eigenvalue weighted by molar-refractivity contribution is 0.426. The van der Waals surface area contributed by atoms with Crippen molar-refractivity contribution in [2.75, 3.05) is 6.54 Å². The van der Waals surface area contributed by atoms with E-state index in [1.54, 1.807) is 31.2 Å². The van der Waals surface area contributed by atoms with Crippen LogP contribution in [0.4, 0.5) is 0 Å². The summed E-state index contributed by atoms with van der Waals surface area (Å²) in [5.74, 6) is 0. The van der Waals surface area contributed by atoms with Crippen LogP contribution in [-0.2, 0) is 16.6 Å². The minimum Gasteiger partial charge on any atom is -0.207 e. The molecule has 1 aromatic carbocycles. The summed E-state index contributed by atoms with van der Waals surface area (Å²) in [6.07, 6.45) is 0. The Balaban J connectivity index is 2.33. The van der Waals surface area contributed by atoms with Crippen molar-refractivity contribution >= 4 is 44.6 Å². The summed E-state index contributed by atoms with van der Waals surface area (Å²) in [6.45, 7) is 2.45. The van der Waals surface area contributed by atoms with Crippen molar-refractivity contribution in [1.29, 1.82) is 0 Å². The molecule has 1 aromatic heterocycles. The molecule has 0 saturated heterocycles. The van der Waals surface area contributed by atoms with Gasteiger partial charge in [0.15, 0.2) is 0 Å². The maximum atomic E-state index is 12.6. The molecular formula is C13H13Cl2NO2S2. The Morgan fingerprint density at radius 2 is 1.85 bits per heavy atom. The summed E-state index contributed by atoms with van der Waals surface area (Å²) in [6, 6.07) is 10.0. The molecule has 2 rings (SSSR count). The Bertz CT molecular complexity index is 698. The number of benzene rings is 1. The third-order valence-electron chi connectivity index (χ3n) is 2.77. The van der Waals surface area contributed by atoms with Gasteiger partial charge >= 0.3 is 0 Å². The maximum Gasteiger partial charge on any atom is 0.244 e. The highest BCUT2D eigenvalue weighted by Crippen LogP contribution is 2.28. The average molecular weight is 350 g/mol. The van der Waals surface area contributed by atoms with Crippen LogP contribution in [0, 0.1) is 0 Å². The summed E-state index contributed by atoms with van der Waals surface area (Å²) < 4.78 is 27.2. The molecule has 0 atom stereocenters. The first kappa shape index (κ1) is 15.8. The molecule has 3 nitrogen and oxygen atoms in total. The first-order chi connectivity index (χ1) is 9.45. The van der Waals surface area contributed by atoms with Crippen LogP contribution in [-0.4, -0.2) is 19.3 Å². The number of hydrogen-bond donors (Lipinski definition) is 0. The van der Waals surface area contributed by atoms with Crippen molar-refractivity contribution < 1.29 is 8.42 Å². The lowest BCUT2D eigenvalue weighted by Gasteiger charge is -2.20. The molecule has 0 radical (unpaired) electrons. The summed E-state index contributed by atoms with van der Waals surface area (Å²) in [5, 5.41) is 0.232. The predicted octanol–water partition coefficient (Wildman–Crippen LogP) is 4.27. The number of rotatable bonds is 5. The molecule has 7 heteroatoms. The van der Waals surface area contributed by atoms with E-state index >= 15 is 0 Å². The van der Waals surface area contributed by atoms with E-state index in [9.17, 15) is 8.42 Å². The quantitative estimate of drug-likeness (QED) is 0.808. The van der Waals surface area contributed by atoms with Gasteiger partial charge in [0.25, 0.3) is 0 Å². The molecule has 20 heavy (non-hydrogen) atoms. The second kappa shape index (κ2) is 6.45. The van der Waals surface area contributed by atoms with E-state index in [1.165, 1.54) is 21.7 Å². The van der Waals surface area contributed by atoms with Crippen LogP contribution >= 0.6 is 34.5 Å². The van der Waals surface area contributed by atoms with Crippen LogP contribution in [0.5, 0.6) is 0 Å². The van der Waals surface area contributed by atoms with Gasteiger partial charge in [-0.2, -0.15) is 4.31 Å². The van der Waals surface area contributed by atoms with Crippen molar-refractivity contribution in [2.45, 2.75) is 18.4 Å². The Morgan fingerprint density at radius 1 is 1.15 bits per heavy atom. The Hall–Kier alpha value is -0.590. The fourth-order valence-corrected chi connectivity index (χ4v) is 4.88. The number of halogens is 2. The van der Waals surface area contributed by atoms with Crippen LogP contribution in [0.15, 0.2) is 41.3 Å². The van der Waals surface area contributed by atoms with E-state index in [0.29, 0.717) is 17.4 Å². The molecule has 0 saturated carbocycles. The van der Waals surface area contributed by atoms with E-state index < -0.39 is 10.0 Å². The highest BCUT2D eigenvalue weighted by Gasteiger charge is 2.25. The van der Waals surface area contributed by atoms with Crippen molar-refractivity contribution in [2.24, 2.45) is 0 Å². The first-order valence-electron chi connectivity index (χ1n) is 5.94. The van der Waals surface area contributed by atoms with Crippen LogP contribution < -0.4 is 0 Å². The summed E-state index contributed by atoms with van der Waals surface area (Å²) in [7, 11) is -3.61. The lowest BCUT2D eigenvalue weighted by atomic mass is 10.4. The van der Waals surface area contributed by atoms with Gasteiger partial charge < -0.3 is 0 Å². The number of sulfonamides is 1. The molecule has 0 spiro atoms. The average Bonchev–Trinajstić information content (AvgIpc) is 2.81. The maximum absolute atomic E-state index is 12.6. The zero-order chi connectivity index (χ0) is 14.8. The van der Waals surface area contributed by atoms with Crippen molar-refractivity contribution in [1.82, 2.24) is 4.31 Å². The molecule has 0 N–H and O–H groups in total. The third-order valence-corrected chi connectivity index (χ3v) is 6.40. The second-order valence-corrected chi connectivity index (χ2v) is 8.18. The molecule has 0 fully saturated rings. The second-order valence-electron chi connectivity index (χ2n) is 4.07. The van der Waals surface area contributed by atoms with Crippen molar-refractivity contribution in [3.05, 3.63) is 50.6 Å². The van der Waals surface area contributed by atoms with Gasteiger partial charge in [0.2, 0.25) is 10.0 Å².